The van der Waals surface area contributed by atoms with Crippen molar-refractivity contribution in [3.05, 3.63) is 32.4 Å². The fourth-order valence-electron chi connectivity index (χ4n) is 1.09. The Balaban J connectivity index is 2.63. The van der Waals surface area contributed by atoms with Crippen LogP contribution in [0.5, 0.6) is 0 Å². The highest BCUT2D eigenvalue weighted by Crippen LogP contribution is 2.20. The largest absolute Gasteiger partial charge is 0.328 e. The number of aryl methyl sites for hydroxylation is 1. The molecule has 72 valence electrons. The fourth-order valence-corrected chi connectivity index (χ4v) is 1.63. The first kappa shape index (κ1) is 11.3. The van der Waals surface area contributed by atoms with Crippen molar-refractivity contribution in [2.45, 2.75) is 25.8 Å². The molecule has 0 aromatic heterocycles. The van der Waals surface area contributed by atoms with E-state index in [0.29, 0.717) is 0 Å². The SMILES string of the molecule is C[C@H](N)CCc1ccc(I)c(Cl)c1. The van der Waals surface area contributed by atoms with E-state index in [1.54, 1.807) is 0 Å². The van der Waals surface area contributed by atoms with Gasteiger partial charge in [-0.05, 0) is 60.1 Å². The van der Waals surface area contributed by atoms with Crippen LogP contribution in [0.15, 0.2) is 18.2 Å². The van der Waals surface area contributed by atoms with Crippen LogP contribution in [0.4, 0.5) is 0 Å². The summed E-state index contributed by atoms with van der Waals surface area (Å²) in [4.78, 5) is 0. The third-order valence-electron chi connectivity index (χ3n) is 1.87. The lowest BCUT2D eigenvalue weighted by molar-refractivity contribution is 0.666. The molecule has 0 spiro atoms. The summed E-state index contributed by atoms with van der Waals surface area (Å²) in [5.41, 5.74) is 6.94. The lowest BCUT2D eigenvalue weighted by atomic mass is 10.1. The van der Waals surface area contributed by atoms with Gasteiger partial charge in [0, 0.05) is 9.61 Å². The lowest BCUT2D eigenvalue weighted by Crippen LogP contribution is -2.15. The molecule has 0 saturated carbocycles. The van der Waals surface area contributed by atoms with Gasteiger partial charge in [-0.3, -0.25) is 0 Å². The van der Waals surface area contributed by atoms with E-state index in [9.17, 15) is 0 Å². The Labute approximate surface area is 97.8 Å². The van der Waals surface area contributed by atoms with Crippen LogP contribution in [0.1, 0.15) is 18.9 Å². The minimum atomic E-state index is 0.262. The Morgan fingerprint density at radius 2 is 2.23 bits per heavy atom. The number of benzene rings is 1. The zero-order chi connectivity index (χ0) is 9.84. The Kier molecular flexibility index (Phi) is 4.49. The van der Waals surface area contributed by atoms with Gasteiger partial charge in [-0.1, -0.05) is 17.7 Å². The van der Waals surface area contributed by atoms with Crippen LogP contribution in [0.25, 0.3) is 0 Å². The first-order valence-corrected chi connectivity index (χ1v) is 5.75. The maximum absolute atomic E-state index is 5.99. The van der Waals surface area contributed by atoms with E-state index < -0.39 is 0 Å². The molecule has 1 aromatic rings. The van der Waals surface area contributed by atoms with Crippen LogP contribution < -0.4 is 5.73 Å². The van der Waals surface area contributed by atoms with Gasteiger partial charge in [-0.15, -0.1) is 0 Å². The molecule has 2 N–H and O–H groups in total. The molecular formula is C10H13ClIN. The summed E-state index contributed by atoms with van der Waals surface area (Å²) in [6.07, 6.45) is 2.02. The fraction of sp³-hybridized carbons (Fsp3) is 0.400. The summed E-state index contributed by atoms with van der Waals surface area (Å²) in [7, 11) is 0. The normalized spacial score (nSPS) is 12.9. The van der Waals surface area contributed by atoms with Crippen molar-refractivity contribution >= 4 is 34.2 Å². The Hall–Kier alpha value is 0.200. The van der Waals surface area contributed by atoms with Gasteiger partial charge < -0.3 is 5.73 Å². The predicted molar refractivity (Wildman–Crippen MR) is 66.1 cm³/mol. The molecule has 1 rings (SSSR count). The monoisotopic (exact) mass is 309 g/mol. The van der Waals surface area contributed by atoms with Gasteiger partial charge in [0.25, 0.3) is 0 Å². The van der Waals surface area contributed by atoms with Gasteiger partial charge >= 0.3 is 0 Å². The molecule has 1 nitrogen and oxygen atoms in total. The van der Waals surface area contributed by atoms with E-state index in [1.165, 1.54) is 5.56 Å². The van der Waals surface area contributed by atoms with E-state index in [-0.39, 0.29) is 6.04 Å². The van der Waals surface area contributed by atoms with Crippen LogP contribution in [0.3, 0.4) is 0 Å². The van der Waals surface area contributed by atoms with E-state index in [4.69, 9.17) is 17.3 Å². The standard InChI is InChI=1S/C10H13ClIN/c1-7(13)2-3-8-4-5-10(12)9(11)6-8/h4-7H,2-3,13H2,1H3/t7-/m0/s1. The predicted octanol–water partition coefficient (Wildman–Crippen LogP) is 3.22. The van der Waals surface area contributed by atoms with Gasteiger partial charge in [0.15, 0.2) is 0 Å². The zero-order valence-electron chi connectivity index (χ0n) is 7.56. The number of hydrogen-bond acceptors (Lipinski definition) is 1. The quantitative estimate of drug-likeness (QED) is 0.852. The van der Waals surface area contributed by atoms with Gasteiger partial charge in [0.2, 0.25) is 0 Å². The molecule has 3 heteroatoms. The minimum Gasteiger partial charge on any atom is -0.328 e. The zero-order valence-corrected chi connectivity index (χ0v) is 10.5. The third-order valence-corrected chi connectivity index (χ3v) is 3.44. The molecule has 0 aliphatic rings. The first-order valence-electron chi connectivity index (χ1n) is 4.29. The average molecular weight is 310 g/mol. The molecule has 0 heterocycles. The van der Waals surface area contributed by atoms with Crippen molar-refractivity contribution in [1.82, 2.24) is 0 Å². The molecule has 13 heavy (non-hydrogen) atoms. The van der Waals surface area contributed by atoms with Gasteiger partial charge in [-0.2, -0.15) is 0 Å². The topological polar surface area (TPSA) is 26.0 Å². The number of halogens is 2. The highest BCUT2D eigenvalue weighted by molar-refractivity contribution is 14.1. The van der Waals surface area contributed by atoms with Crippen LogP contribution in [-0.4, -0.2) is 6.04 Å². The Morgan fingerprint density at radius 3 is 2.77 bits per heavy atom. The maximum atomic E-state index is 5.99. The van der Waals surface area contributed by atoms with E-state index >= 15 is 0 Å². The van der Waals surface area contributed by atoms with Gasteiger partial charge in [0.05, 0.1) is 5.02 Å². The van der Waals surface area contributed by atoms with E-state index in [1.807, 2.05) is 19.1 Å². The molecule has 0 aliphatic heterocycles. The van der Waals surface area contributed by atoms with Crippen LogP contribution in [-0.2, 0) is 6.42 Å². The lowest BCUT2D eigenvalue weighted by Gasteiger charge is -2.05. The Bertz CT molecular complexity index is 286. The van der Waals surface area contributed by atoms with Crippen molar-refractivity contribution < 1.29 is 0 Å². The summed E-state index contributed by atoms with van der Waals surface area (Å²) in [5.74, 6) is 0. The first-order chi connectivity index (χ1) is 6.09. The van der Waals surface area contributed by atoms with Crippen LogP contribution >= 0.6 is 34.2 Å². The van der Waals surface area contributed by atoms with Gasteiger partial charge in [0.1, 0.15) is 0 Å². The molecular weight excluding hydrogens is 296 g/mol. The van der Waals surface area contributed by atoms with Crippen molar-refractivity contribution in [3.63, 3.8) is 0 Å². The highest BCUT2D eigenvalue weighted by atomic mass is 127. The Morgan fingerprint density at radius 1 is 1.54 bits per heavy atom. The van der Waals surface area contributed by atoms with Crippen molar-refractivity contribution in [1.29, 1.82) is 0 Å². The van der Waals surface area contributed by atoms with Crippen LogP contribution in [0.2, 0.25) is 5.02 Å². The highest BCUT2D eigenvalue weighted by Gasteiger charge is 2.00. The number of nitrogens with two attached hydrogens (primary N) is 1. The molecule has 0 radical (unpaired) electrons. The summed E-state index contributed by atoms with van der Waals surface area (Å²) in [6.45, 7) is 2.02. The number of hydrogen-bond donors (Lipinski definition) is 1. The summed E-state index contributed by atoms with van der Waals surface area (Å²) in [6, 6.07) is 6.43. The second-order valence-electron chi connectivity index (χ2n) is 3.26. The molecule has 0 fully saturated rings. The molecule has 1 atom stereocenters. The second kappa shape index (κ2) is 5.17. The summed E-state index contributed by atoms with van der Waals surface area (Å²) >= 11 is 8.22. The minimum absolute atomic E-state index is 0.262. The molecule has 0 aliphatic carbocycles. The van der Waals surface area contributed by atoms with E-state index in [2.05, 4.69) is 28.7 Å². The summed E-state index contributed by atoms with van der Waals surface area (Å²) < 4.78 is 1.10. The van der Waals surface area contributed by atoms with Crippen molar-refractivity contribution in [2.75, 3.05) is 0 Å². The summed E-state index contributed by atoms with van der Waals surface area (Å²) in [5, 5.41) is 0.836. The maximum Gasteiger partial charge on any atom is 0.0542 e. The van der Waals surface area contributed by atoms with E-state index in [0.717, 1.165) is 21.4 Å². The molecule has 0 saturated heterocycles. The molecule has 1 aromatic carbocycles. The average Bonchev–Trinajstić information content (AvgIpc) is 2.07. The molecule has 0 bridgehead atoms. The smallest absolute Gasteiger partial charge is 0.0542 e. The molecule has 0 amide bonds. The second-order valence-corrected chi connectivity index (χ2v) is 4.83. The van der Waals surface area contributed by atoms with Crippen LogP contribution in [0, 0.1) is 3.57 Å². The van der Waals surface area contributed by atoms with Crippen molar-refractivity contribution in [3.8, 4) is 0 Å². The van der Waals surface area contributed by atoms with Crippen molar-refractivity contribution in [2.24, 2.45) is 5.73 Å². The van der Waals surface area contributed by atoms with Gasteiger partial charge in [-0.25, -0.2) is 0 Å². The number of rotatable bonds is 3. The molecule has 0 unspecified atom stereocenters. The third kappa shape index (κ3) is 3.83.